The number of rotatable bonds is 5. The molecule has 0 bridgehead atoms. The van der Waals surface area contributed by atoms with Crippen LogP contribution >= 0.6 is 0 Å². The summed E-state index contributed by atoms with van der Waals surface area (Å²) in [7, 11) is 0. The molecule has 21 heavy (non-hydrogen) atoms. The van der Waals surface area contributed by atoms with Gasteiger partial charge < -0.3 is 14.7 Å². The zero-order chi connectivity index (χ0) is 15.4. The van der Waals surface area contributed by atoms with Crippen LogP contribution in [0.2, 0.25) is 0 Å². The third-order valence-electron chi connectivity index (χ3n) is 3.68. The summed E-state index contributed by atoms with van der Waals surface area (Å²) in [6, 6.07) is 5.84. The van der Waals surface area contributed by atoms with Crippen molar-refractivity contribution in [1.29, 1.82) is 0 Å². The van der Waals surface area contributed by atoms with Crippen molar-refractivity contribution >= 4 is 17.6 Å². The Kier molecular flexibility index (Phi) is 4.96. The molecule has 1 aromatic rings. The fourth-order valence-corrected chi connectivity index (χ4v) is 2.51. The lowest BCUT2D eigenvalue weighted by atomic mass is 10.1. The number of anilines is 1. The minimum atomic E-state index is -0.912. The van der Waals surface area contributed by atoms with Crippen LogP contribution < -0.4 is 4.90 Å². The second kappa shape index (κ2) is 6.72. The summed E-state index contributed by atoms with van der Waals surface area (Å²) in [6.45, 7) is 4.63. The van der Waals surface area contributed by atoms with Gasteiger partial charge in [-0.15, -0.1) is 0 Å². The number of benzene rings is 1. The summed E-state index contributed by atoms with van der Waals surface area (Å²) < 4.78 is 5.46. The van der Waals surface area contributed by atoms with Crippen molar-refractivity contribution in [3.63, 3.8) is 0 Å². The van der Waals surface area contributed by atoms with Crippen molar-refractivity contribution < 1.29 is 19.4 Å². The maximum absolute atomic E-state index is 12.6. The first-order chi connectivity index (χ1) is 9.99. The average Bonchev–Trinajstić information content (AvgIpc) is 2.96. The fourth-order valence-electron chi connectivity index (χ4n) is 2.51. The Morgan fingerprint density at radius 2 is 2.14 bits per heavy atom. The summed E-state index contributed by atoms with van der Waals surface area (Å²) in [5.74, 6) is -1.05. The molecule has 0 saturated carbocycles. The molecule has 1 atom stereocenters. The van der Waals surface area contributed by atoms with E-state index in [9.17, 15) is 9.59 Å². The van der Waals surface area contributed by atoms with E-state index in [0.29, 0.717) is 13.0 Å². The van der Waals surface area contributed by atoms with E-state index in [2.05, 4.69) is 0 Å². The number of nitrogens with zero attached hydrogens (tertiary/aromatic N) is 1. The number of aryl methyl sites for hydroxylation is 2. The van der Waals surface area contributed by atoms with Crippen LogP contribution in [0.4, 0.5) is 5.69 Å². The van der Waals surface area contributed by atoms with Crippen molar-refractivity contribution in [3.8, 4) is 0 Å². The predicted molar refractivity (Wildman–Crippen MR) is 79.5 cm³/mol. The number of aliphatic carboxylic acids is 1. The van der Waals surface area contributed by atoms with Crippen LogP contribution in [0.3, 0.4) is 0 Å². The largest absolute Gasteiger partial charge is 0.481 e. The standard InChI is InChI=1S/C16H21NO4/c1-11-5-6-12(2)13(10-11)17(8-7-15(18)19)16(20)14-4-3-9-21-14/h5-6,10,14H,3-4,7-9H2,1-2H3,(H,18,19). The van der Waals surface area contributed by atoms with E-state index >= 15 is 0 Å². The van der Waals surface area contributed by atoms with Gasteiger partial charge in [-0.1, -0.05) is 12.1 Å². The van der Waals surface area contributed by atoms with Crippen molar-refractivity contribution in [2.45, 2.75) is 39.2 Å². The third-order valence-corrected chi connectivity index (χ3v) is 3.68. The lowest BCUT2D eigenvalue weighted by Gasteiger charge is -2.26. The summed E-state index contributed by atoms with van der Waals surface area (Å²) in [5.41, 5.74) is 2.77. The van der Waals surface area contributed by atoms with Gasteiger partial charge in [0.05, 0.1) is 6.42 Å². The highest BCUT2D eigenvalue weighted by Crippen LogP contribution is 2.25. The Hall–Kier alpha value is -1.88. The molecule has 0 aliphatic carbocycles. The number of hydrogen-bond acceptors (Lipinski definition) is 3. The molecular weight excluding hydrogens is 270 g/mol. The van der Waals surface area contributed by atoms with Gasteiger partial charge in [0, 0.05) is 18.8 Å². The van der Waals surface area contributed by atoms with Crippen LogP contribution in [-0.2, 0) is 14.3 Å². The van der Waals surface area contributed by atoms with Gasteiger partial charge in [-0.25, -0.2) is 0 Å². The van der Waals surface area contributed by atoms with Crippen molar-refractivity contribution in [2.75, 3.05) is 18.1 Å². The quantitative estimate of drug-likeness (QED) is 0.904. The van der Waals surface area contributed by atoms with Crippen LogP contribution in [0.25, 0.3) is 0 Å². The molecule has 1 fully saturated rings. The number of amides is 1. The van der Waals surface area contributed by atoms with Gasteiger partial charge >= 0.3 is 5.97 Å². The number of carboxylic acid groups (broad SMARTS) is 1. The molecule has 0 spiro atoms. The monoisotopic (exact) mass is 291 g/mol. The Morgan fingerprint density at radius 1 is 1.38 bits per heavy atom. The molecule has 114 valence electrons. The fraction of sp³-hybridized carbons (Fsp3) is 0.500. The van der Waals surface area contributed by atoms with Gasteiger partial charge in [-0.3, -0.25) is 9.59 Å². The Labute approximate surface area is 124 Å². The van der Waals surface area contributed by atoms with Crippen molar-refractivity contribution in [3.05, 3.63) is 29.3 Å². The molecule has 1 aliphatic heterocycles. The summed E-state index contributed by atoms with van der Waals surface area (Å²) in [5, 5.41) is 8.91. The minimum absolute atomic E-state index is 0.0775. The number of hydrogen-bond donors (Lipinski definition) is 1. The zero-order valence-electron chi connectivity index (χ0n) is 12.5. The lowest BCUT2D eigenvalue weighted by Crippen LogP contribution is -2.40. The smallest absolute Gasteiger partial charge is 0.305 e. The molecule has 0 aromatic heterocycles. The minimum Gasteiger partial charge on any atom is -0.481 e. The van der Waals surface area contributed by atoms with Gasteiger partial charge in [0.2, 0.25) is 0 Å². The van der Waals surface area contributed by atoms with Gasteiger partial charge in [-0.05, 0) is 43.9 Å². The first kappa shape index (κ1) is 15.5. The van der Waals surface area contributed by atoms with Crippen LogP contribution in [0.15, 0.2) is 18.2 Å². The normalized spacial score (nSPS) is 17.7. The average molecular weight is 291 g/mol. The van der Waals surface area contributed by atoms with Crippen molar-refractivity contribution in [1.82, 2.24) is 0 Å². The highest BCUT2D eigenvalue weighted by atomic mass is 16.5. The molecule has 2 rings (SSSR count). The third kappa shape index (κ3) is 3.82. The van der Waals surface area contributed by atoms with Crippen LogP contribution in [0, 0.1) is 13.8 Å². The Balaban J connectivity index is 2.27. The molecule has 1 aliphatic rings. The SMILES string of the molecule is Cc1ccc(C)c(N(CCC(=O)O)C(=O)C2CCCO2)c1. The Bertz CT molecular complexity index is 535. The van der Waals surface area contributed by atoms with E-state index in [-0.39, 0.29) is 18.9 Å². The lowest BCUT2D eigenvalue weighted by molar-refractivity contribution is -0.136. The van der Waals surface area contributed by atoms with Crippen molar-refractivity contribution in [2.24, 2.45) is 0 Å². The number of ether oxygens (including phenoxy) is 1. The zero-order valence-corrected chi connectivity index (χ0v) is 12.5. The summed E-state index contributed by atoms with van der Waals surface area (Å²) in [6.07, 6.45) is 1.05. The molecule has 1 N–H and O–H groups in total. The molecule has 5 nitrogen and oxygen atoms in total. The van der Waals surface area contributed by atoms with Gasteiger partial charge in [0.25, 0.3) is 5.91 Å². The highest BCUT2D eigenvalue weighted by Gasteiger charge is 2.30. The van der Waals surface area contributed by atoms with Crippen LogP contribution in [-0.4, -0.2) is 36.2 Å². The van der Waals surface area contributed by atoms with Gasteiger partial charge in [0.15, 0.2) is 0 Å². The predicted octanol–water partition coefficient (Wildman–Crippen LogP) is 2.29. The second-order valence-electron chi connectivity index (χ2n) is 5.43. The molecule has 1 heterocycles. The molecule has 1 aromatic carbocycles. The molecule has 1 amide bonds. The maximum Gasteiger partial charge on any atom is 0.305 e. The van der Waals surface area contributed by atoms with Gasteiger partial charge in [0.1, 0.15) is 6.10 Å². The van der Waals surface area contributed by atoms with E-state index in [1.807, 2.05) is 32.0 Å². The van der Waals surface area contributed by atoms with E-state index < -0.39 is 12.1 Å². The van der Waals surface area contributed by atoms with E-state index in [1.165, 1.54) is 0 Å². The van der Waals surface area contributed by atoms with E-state index in [1.54, 1.807) is 4.90 Å². The summed E-state index contributed by atoms with van der Waals surface area (Å²) >= 11 is 0. The number of carboxylic acids is 1. The molecule has 5 heteroatoms. The summed E-state index contributed by atoms with van der Waals surface area (Å²) in [4.78, 5) is 25.1. The maximum atomic E-state index is 12.6. The molecule has 1 unspecified atom stereocenters. The molecule has 1 saturated heterocycles. The van der Waals surface area contributed by atoms with Gasteiger partial charge in [-0.2, -0.15) is 0 Å². The Morgan fingerprint density at radius 3 is 2.76 bits per heavy atom. The highest BCUT2D eigenvalue weighted by molar-refractivity contribution is 5.97. The van der Waals surface area contributed by atoms with Crippen LogP contribution in [0.1, 0.15) is 30.4 Å². The number of carbonyl (C=O) groups is 2. The first-order valence-electron chi connectivity index (χ1n) is 7.21. The first-order valence-corrected chi connectivity index (χ1v) is 7.21. The number of carbonyl (C=O) groups excluding carboxylic acids is 1. The van der Waals surface area contributed by atoms with E-state index in [4.69, 9.17) is 9.84 Å². The van der Waals surface area contributed by atoms with Crippen LogP contribution in [0.5, 0.6) is 0 Å². The van der Waals surface area contributed by atoms with E-state index in [0.717, 1.165) is 23.2 Å². The molecule has 0 radical (unpaired) electrons. The second-order valence-corrected chi connectivity index (χ2v) is 5.43. The topological polar surface area (TPSA) is 66.8 Å². The molecular formula is C16H21NO4.